The highest BCUT2D eigenvalue weighted by molar-refractivity contribution is 5.01. The van der Waals surface area contributed by atoms with Crippen LogP contribution in [0.3, 0.4) is 0 Å². The van der Waals surface area contributed by atoms with Crippen LogP contribution in [0.5, 0.6) is 0 Å². The molecule has 0 aliphatic rings. The number of aliphatic hydroxyl groups is 1. The van der Waals surface area contributed by atoms with Crippen LogP contribution in [0.15, 0.2) is 24.4 Å². The predicted molar refractivity (Wildman–Crippen MR) is 54.8 cm³/mol. The Kier molecular flexibility index (Phi) is 5.19. The lowest BCUT2D eigenvalue weighted by Crippen LogP contribution is -2.13. The van der Waals surface area contributed by atoms with Crippen molar-refractivity contribution >= 4 is 0 Å². The number of rotatable bonds is 6. The average molecular weight is 195 g/mol. The number of pyridine rings is 1. The molecule has 0 amide bonds. The highest BCUT2D eigenvalue weighted by atomic mass is 16.5. The summed E-state index contributed by atoms with van der Waals surface area (Å²) in [7, 11) is 0. The molecule has 3 heteroatoms. The minimum Gasteiger partial charge on any atom is -0.396 e. The number of aromatic nitrogens is 1. The molecule has 1 aromatic rings. The Balaban J connectivity index is 2.32. The first-order valence-corrected chi connectivity index (χ1v) is 4.99. The molecule has 1 heterocycles. The van der Waals surface area contributed by atoms with Crippen LogP contribution in [0.1, 0.15) is 25.5 Å². The van der Waals surface area contributed by atoms with Crippen molar-refractivity contribution < 1.29 is 9.84 Å². The van der Waals surface area contributed by atoms with Crippen molar-refractivity contribution in [2.45, 2.75) is 32.5 Å². The molecular formula is C11H17NO2. The zero-order valence-corrected chi connectivity index (χ0v) is 8.52. The number of ether oxygens (including phenoxy) is 1. The third-order valence-corrected chi connectivity index (χ3v) is 2.10. The van der Waals surface area contributed by atoms with Gasteiger partial charge < -0.3 is 9.84 Å². The van der Waals surface area contributed by atoms with E-state index in [4.69, 9.17) is 9.84 Å². The number of nitrogens with zero attached hydrogens (tertiary/aromatic N) is 1. The van der Waals surface area contributed by atoms with Gasteiger partial charge in [-0.3, -0.25) is 4.98 Å². The SMILES string of the molecule is CCC(CCO)OCc1ccccn1. The first-order chi connectivity index (χ1) is 6.86. The van der Waals surface area contributed by atoms with Gasteiger partial charge in [-0.15, -0.1) is 0 Å². The van der Waals surface area contributed by atoms with Gasteiger partial charge in [0, 0.05) is 12.8 Å². The minimum absolute atomic E-state index is 0.141. The van der Waals surface area contributed by atoms with E-state index < -0.39 is 0 Å². The fourth-order valence-corrected chi connectivity index (χ4v) is 1.24. The summed E-state index contributed by atoms with van der Waals surface area (Å²) in [5.74, 6) is 0. The number of aliphatic hydroxyl groups excluding tert-OH is 1. The van der Waals surface area contributed by atoms with Gasteiger partial charge in [0.25, 0.3) is 0 Å². The molecule has 1 N–H and O–H groups in total. The molecule has 0 aliphatic heterocycles. The Morgan fingerprint density at radius 1 is 1.50 bits per heavy atom. The van der Waals surface area contributed by atoms with Crippen molar-refractivity contribution in [3.63, 3.8) is 0 Å². The molecule has 1 rings (SSSR count). The third-order valence-electron chi connectivity index (χ3n) is 2.10. The highest BCUT2D eigenvalue weighted by Gasteiger charge is 2.05. The largest absolute Gasteiger partial charge is 0.396 e. The smallest absolute Gasteiger partial charge is 0.0891 e. The van der Waals surface area contributed by atoms with Crippen molar-refractivity contribution in [2.24, 2.45) is 0 Å². The van der Waals surface area contributed by atoms with E-state index in [9.17, 15) is 0 Å². The van der Waals surface area contributed by atoms with Crippen molar-refractivity contribution in [2.75, 3.05) is 6.61 Å². The summed E-state index contributed by atoms with van der Waals surface area (Å²) in [4.78, 5) is 4.16. The summed E-state index contributed by atoms with van der Waals surface area (Å²) in [6.07, 6.45) is 3.52. The van der Waals surface area contributed by atoms with E-state index in [2.05, 4.69) is 11.9 Å². The van der Waals surface area contributed by atoms with Gasteiger partial charge in [0.1, 0.15) is 0 Å². The van der Waals surface area contributed by atoms with Gasteiger partial charge in [-0.2, -0.15) is 0 Å². The third kappa shape index (κ3) is 3.85. The Hall–Kier alpha value is -0.930. The molecule has 1 aromatic heterocycles. The summed E-state index contributed by atoms with van der Waals surface area (Å²) < 4.78 is 5.60. The minimum atomic E-state index is 0.141. The Labute approximate surface area is 84.7 Å². The zero-order valence-electron chi connectivity index (χ0n) is 8.52. The number of hydrogen-bond acceptors (Lipinski definition) is 3. The van der Waals surface area contributed by atoms with Crippen molar-refractivity contribution in [3.8, 4) is 0 Å². The monoisotopic (exact) mass is 195 g/mol. The average Bonchev–Trinajstić information content (AvgIpc) is 2.25. The maximum atomic E-state index is 8.77. The first-order valence-electron chi connectivity index (χ1n) is 4.99. The van der Waals surface area contributed by atoms with Crippen LogP contribution in [0.25, 0.3) is 0 Å². The normalized spacial score (nSPS) is 12.7. The summed E-state index contributed by atoms with van der Waals surface area (Å²) >= 11 is 0. The standard InChI is InChI=1S/C11H17NO2/c1-2-11(6-8-13)14-9-10-5-3-4-7-12-10/h3-5,7,11,13H,2,6,8-9H2,1H3. The summed E-state index contributed by atoms with van der Waals surface area (Å²) in [5.41, 5.74) is 0.934. The molecule has 0 saturated heterocycles. The molecule has 0 fully saturated rings. The van der Waals surface area contributed by atoms with Crippen LogP contribution < -0.4 is 0 Å². The van der Waals surface area contributed by atoms with Gasteiger partial charge in [-0.25, -0.2) is 0 Å². The molecule has 0 saturated carbocycles. The highest BCUT2D eigenvalue weighted by Crippen LogP contribution is 2.06. The predicted octanol–water partition coefficient (Wildman–Crippen LogP) is 1.76. The van der Waals surface area contributed by atoms with Gasteiger partial charge >= 0.3 is 0 Å². The summed E-state index contributed by atoms with van der Waals surface area (Å²) in [6.45, 7) is 2.76. The second-order valence-electron chi connectivity index (χ2n) is 3.17. The van der Waals surface area contributed by atoms with E-state index >= 15 is 0 Å². The van der Waals surface area contributed by atoms with Gasteiger partial charge in [0.05, 0.1) is 18.4 Å². The van der Waals surface area contributed by atoms with E-state index in [0.29, 0.717) is 13.0 Å². The Bertz CT molecular complexity index is 238. The van der Waals surface area contributed by atoms with Crippen molar-refractivity contribution in [1.29, 1.82) is 0 Å². The topological polar surface area (TPSA) is 42.4 Å². The van der Waals surface area contributed by atoms with E-state index in [0.717, 1.165) is 12.1 Å². The number of hydrogen-bond donors (Lipinski definition) is 1. The van der Waals surface area contributed by atoms with Crippen LogP contribution >= 0.6 is 0 Å². The van der Waals surface area contributed by atoms with Gasteiger partial charge in [0.2, 0.25) is 0 Å². The first kappa shape index (κ1) is 11.1. The fourth-order valence-electron chi connectivity index (χ4n) is 1.24. The van der Waals surface area contributed by atoms with Gasteiger partial charge in [0.15, 0.2) is 0 Å². The molecule has 1 atom stereocenters. The van der Waals surface area contributed by atoms with E-state index in [1.807, 2.05) is 18.2 Å². The second-order valence-corrected chi connectivity index (χ2v) is 3.17. The van der Waals surface area contributed by atoms with Crippen molar-refractivity contribution in [1.82, 2.24) is 4.98 Å². The van der Waals surface area contributed by atoms with E-state index in [-0.39, 0.29) is 12.7 Å². The molecule has 1 unspecified atom stereocenters. The molecule has 78 valence electrons. The second kappa shape index (κ2) is 6.51. The van der Waals surface area contributed by atoms with Crippen LogP contribution in [-0.4, -0.2) is 22.8 Å². The van der Waals surface area contributed by atoms with Crippen LogP contribution in [-0.2, 0) is 11.3 Å². The molecule has 3 nitrogen and oxygen atoms in total. The van der Waals surface area contributed by atoms with Crippen LogP contribution in [0, 0.1) is 0 Å². The maximum absolute atomic E-state index is 8.77. The molecule has 0 aliphatic carbocycles. The van der Waals surface area contributed by atoms with Crippen LogP contribution in [0.2, 0.25) is 0 Å². The fraction of sp³-hybridized carbons (Fsp3) is 0.545. The Morgan fingerprint density at radius 2 is 2.36 bits per heavy atom. The van der Waals surface area contributed by atoms with E-state index in [1.165, 1.54) is 0 Å². The quantitative estimate of drug-likeness (QED) is 0.752. The molecule has 0 radical (unpaired) electrons. The maximum Gasteiger partial charge on any atom is 0.0891 e. The van der Waals surface area contributed by atoms with Gasteiger partial charge in [-0.1, -0.05) is 13.0 Å². The lowest BCUT2D eigenvalue weighted by Gasteiger charge is -2.14. The molecule has 14 heavy (non-hydrogen) atoms. The summed E-state index contributed by atoms with van der Waals surface area (Å²) in [6, 6.07) is 5.76. The van der Waals surface area contributed by atoms with Crippen molar-refractivity contribution in [3.05, 3.63) is 30.1 Å². The molecular weight excluding hydrogens is 178 g/mol. The van der Waals surface area contributed by atoms with Crippen LogP contribution in [0.4, 0.5) is 0 Å². The summed E-state index contributed by atoms with van der Waals surface area (Å²) in [5, 5.41) is 8.77. The lowest BCUT2D eigenvalue weighted by molar-refractivity contribution is 0.0204. The molecule has 0 aromatic carbocycles. The zero-order chi connectivity index (χ0) is 10.2. The molecule has 0 bridgehead atoms. The van der Waals surface area contributed by atoms with E-state index in [1.54, 1.807) is 6.20 Å². The molecule has 0 spiro atoms. The Morgan fingerprint density at radius 3 is 2.93 bits per heavy atom. The lowest BCUT2D eigenvalue weighted by atomic mass is 10.2. The van der Waals surface area contributed by atoms with Gasteiger partial charge in [-0.05, 0) is 25.0 Å².